The van der Waals surface area contributed by atoms with E-state index in [1.807, 2.05) is 0 Å². The SMILES string of the molecule is COc1ccccc1C1=C(SCCO)C(=O)N(c2cccc(Cl)c2C)C1=O. The van der Waals surface area contributed by atoms with Crippen LogP contribution in [0.2, 0.25) is 5.02 Å². The van der Waals surface area contributed by atoms with Gasteiger partial charge in [0.15, 0.2) is 0 Å². The number of hydrogen-bond acceptors (Lipinski definition) is 5. The molecule has 5 nitrogen and oxygen atoms in total. The molecule has 0 bridgehead atoms. The van der Waals surface area contributed by atoms with E-state index in [2.05, 4.69) is 0 Å². The van der Waals surface area contributed by atoms with Crippen molar-refractivity contribution in [1.82, 2.24) is 0 Å². The maximum absolute atomic E-state index is 13.3. The van der Waals surface area contributed by atoms with Crippen LogP contribution in [-0.2, 0) is 9.59 Å². The van der Waals surface area contributed by atoms with Crippen LogP contribution in [0.4, 0.5) is 5.69 Å². The number of nitrogens with zero attached hydrogens (tertiary/aromatic N) is 1. The van der Waals surface area contributed by atoms with E-state index >= 15 is 0 Å². The highest BCUT2D eigenvalue weighted by atomic mass is 35.5. The van der Waals surface area contributed by atoms with Gasteiger partial charge in [-0.15, -0.1) is 11.8 Å². The molecule has 0 fully saturated rings. The number of imide groups is 1. The summed E-state index contributed by atoms with van der Waals surface area (Å²) in [5.74, 6) is -0.0597. The van der Waals surface area contributed by atoms with Crippen LogP contribution in [-0.4, -0.2) is 36.4 Å². The Bertz CT molecular complexity index is 941. The van der Waals surface area contributed by atoms with Gasteiger partial charge in [-0.05, 0) is 30.7 Å². The van der Waals surface area contributed by atoms with Crippen molar-refractivity contribution in [1.29, 1.82) is 0 Å². The molecule has 0 saturated carbocycles. The summed E-state index contributed by atoms with van der Waals surface area (Å²) in [6.07, 6.45) is 0. The Hall–Kier alpha value is -2.28. The quantitative estimate of drug-likeness (QED) is 0.745. The van der Waals surface area contributed by atoms with Crippen molar-refractivity contribution in [3.8, 4) is 5.75 Å². The minimum Gasteiger partial charge on any atom is -0.496 e. The van der Waals surface area contributed by atoms with Gasteiger partial charge in [0, 0.05) is 16.3 Å². The molecule has 1 N–H and O–H groups in total. The fourth-order valence-corrected chi connectivity index (χ4v) is 3.96. The van der Waals surface area contributed by atoms with Gasteiger partial charge < -0.3 is 9.84 Å². The van der Waals surface area contributed by atoms with E-state index < -0.39 is 11.8 Å². The minimum atomic E-state index is -0.435. The Labute approximate surface area is 166 Å². The lowest BCUT2D eigenvalue weighted by Gasteiger charge is -2.18. The predicted molar refractivity (Wildman–Crippen MR) is 108 cm³/mol. The average Bonchev–Trinajstić information content (AvgIpc) is 2.92. The van der Waals surface area contributed by atoms with Gasteiger partial charge in [0.1, 0.15) is 5.75 Å². The molecular weight excluding hydrogens is 386 g/mol. The molecular formula is C20H18ClNO4S. The van der Waals surface area contributed by atoms with Crippen molar-refractivity contribution in [2.24, 2.45) is 0 Å². The number of rotatable bonds is 6. The molecule has 2 aromatic carbocycles. The van der Waals surface area contributed by atoms with E-state index in [0.29, 0.717) is 33.3 Å². The summed E-state index contributed by atoms with van der Waals surface area (Å²) in [4.78, 5) is 27.9. The largest absolute Gasteiger partial charge is 0.496 e. The van der Waals surface area contributed by atoms with Crippen molar-refractivity contribution in [3.05, 3.63) is 63.5 Å². The van der Waals surface area contributed by atoms with E-state index in [-0.39, 0.29) is 17.1 Å². The molecule has 1 aliphatic rings. The number of ether oxygens (including phenoxy) is 1. The molecule has 0 spiro atoms. The van der Waals surface area contributed by atoms with Gasteiger partial charge in [0.05, 0.1) is 29.9 Å². The molecule has 2 amide bonds. The molecule has 0 radical (unpaired) electrons. The van der Waals surface area contributed by atoms with Crippen molar-refractivity contribution < 1.29 is 19.4 Å². The van der Waals surface area contributed by atoms with Gasteiger partial charge in [0.2, 0.25) is 0 Å². The fourth-order valence-electron chi connectivity index (χ4n) is 2.94. The van der Waals surface area contributed by atoms with Crippen molar-refractivity contribution in [3.63, 3.8) is 0 Å². The standard InChI is InChI=1S/C20H18ClNO4S/c1-12-14(21)7-5-8-15(12)22-19(24)17(18(20(22)25)27-11-10-23)13-6-3-4-9-16(13)26-2/h3-9,23H,10-11H2,1-2H3. The maximum Gasteiger partial charge on any atom is 0.272 e. The molecule has 0 aromatic heterocycles. The van der Waals surface area contributed by atoms with E-state index in [0.717, 1.165) is 16.7 Å². The Morgan fingerprint density at radius 2 is 1.85 bits per heavy atom. The molecule has 7 heteroatoms. The van der Waals surface area contributed by atoms with Gasteiger partial charge in [-0.2, -0.15) is 0 Å². The molecule has 140 valence electrons. The van der Waals surface area contributed by atoms with Crippen LogP contribution in [0.25, 0.3) is 5.57 Å². The normalized spacial score (nSPS) is 14.3. The van der Waals surface area contributed by atoms with Gasteiger partial charge in [-0.1, -0.05) is 35.9 Å². The van der Waals surface area contributed by atoms with Crippen molar-refractivity contribution >= 4 is 46.4 Å². The first kappa shape index (κ1) is 19.5. The Morgan fingerprint density at radius 3 is 2.56 bits per heavy atom. The van der Waals surface area contributed by atoms with E-state index in [4.69, 9.17) is 16.3 Å². The predicted octanol–water partition coefficient (Wildman–Crippen LogP) is 3.67. The molecule has 27 heavy (non-hydrogen) atoms. The molecule has 0 unspecified atom stereocenters. The minimum absolute atomic E-state index is 0.106. The summed E-state index contributed by atoms with van der Waals surface area (Å²) in [7, 11) is 1.51. The van der Waals surface area contributed by atoms with Crippen LogP contribution in [0.5, 0.6) is 5.75 Å². The summed E-state index contributed by atoms with van der Waals surface area (Å²) in [6, 6.07) is 12.2. The monoisotopic (exact) mass is 403 g/mol. The number of para-hydroxylation sites is 1. The average molecular weight is 404 g/mol. The van der Waals surface area contributed by atoms with Crippen LogP contribution < -0.4 is 9.64 Å². The third-order valence-electron chi connectivity index (χ3n) is 4.24. The Kier molecular flexibility index (Phi) is 5.89. The van der Waals surface area contributed by atoms with Crippen LogP contribution in [0.3, 0.4) is 0 Å². The van der Waals surface area contributed by atoms with Gasteiger partial charge in [0.25, 0.3) is 11.8 Å². The van der Waals surface area contributed by atoms with E-state index in [9.17, 15) is 14.7 Å². The fraction of sp³-hybridized carbons (Fsp3) is 0.200. The van der Waals surface area contributed by atoms with Crippen molar-refractivity contribution in [2.45, 2.75) is 6.92 Å². The second-order valence-corrected chi connectivity index (χ2v) is 7.32. The smallest absolute Gasteiger partial charge is 0.272 e. The third-order valence-corrected chi connectivity index (χ3v) is 5.70. The molecule has 2 aromatic rings. The summed E-state index contributed by atoms with van der Waals surface area (Å²) < 4.78 is 5.38. The molecule has 1 aliphatic heterocycles. The van der Waals surface area contributed by atoms with Crippen LogP contribution in [0.1, 0.15) is 11.1 Å². The van der Waals surface area contributed by atoms with E-state index in [1.165, 1.54) is 7.11 Å². The zero-order valence-corrected chi connectivity index (χ0v) is 16.4. The Morgan fingerprint density at radius 1 is 1.11 bits per heavy atom. The molecule has 0 atom stereocenters. The number of benzene rings is 2. The number of carbonyl (C=O) groups is 2. The number of aliphatic hydroxyl groups excluding tert-OH is 1. The Balaban J connectivity index is 2.16. The number of aliphatic hydroxyl groups is 1. The zero-order chi connectivity index (χ0) is 19.6. The van der Waals surface area contributed by atoms with Crippen LogP contribution in [0, 0.1) is 6.92 Å². The first-order valence-corrected chi connectivity index (χ1v) is 9.62. The number of thioether (sulfide) groups is 1. The lowest BCUT2D eigenvalue weighted by atomic mass is 10.0. The lowest BCUT2D eigenvalue weighted by Crippen LogP contribution is -2.32. The molecule has 0 aliphatic carbocycles. The summed E-state index contributed by atoms with van der Waals surface area (Å²) in [5, 5.41) is 9.68. The molecule has 3 rings (SSSR count). The van der Waals surface area contributed by atoms with Crippen LogP contribution >= 0.6 is 23.4 Å². The summed E-state index contributed by atoms with van der Waals surface area (Å²) >= 11 is 7.34. The highest BCUT2D eigenvalue weighted by Gasteiger charge is 2.41. The van der Waals surface area contributed by atoms with Crippen molar-refractivity contribution in [2.75, 3.05) is 24.4 Å². The number of halogens is 1. The third kappa shape index (κ3) is 3.48. The number of anilines is 1. The summed E-state index contributed by atoms with van der Waals surface area (Å²) in [6.45, 7) is 1.66. The number of hydrogen-bond donors (Lipinski definition) is 1. The second-order valence-electron chi connectivity index (χ2n) is 5.81. The summed E-state index contributed by atoms with van der Waals surface area (Å²) in [5.41, 5.74) is 1.91. The highest BCUT2D eigenvalue weighted by molar-refractivity contribution is 8.04. The second kappa shape index (κ2) is 8.17. The highest BCUT2D eigenvalue weighted by Crippen LogP contribution is 2.42. The molecule has 1 heterocycles. The van der Waals surface area contributed by atoms with Crippen LogP contribution in [0.15, 0.2) is 47.4 Å². The molecule has 0 saturated heterocycles. The van der Waals surface area contributed by atoms with Gasteiger partial charge >= 0.3 is 0 Å². The van der Waals surface area contributed by atoms with E-state index in [1.54, 1.807) is 49.4 Å². The number of amides is 2. The van der Waals surface area contributed by atoms with Gasteiger partial charge in [-0.25, -0.2) is 4.90 Å². The zero-order valence-electron chi connectivity index (χ0n) is 14.9. The lowest BCUT2D eigenvalue weighted by molar-refractivity contribution is -0.119. The topological polar surface area (TPSA) is 66.8 Å². The first-order chi connectivity index (χ1) is 13.0. The number of carbonyl (C=O) groups excluding carboxylic acids is 2. The van der Waals surface area contributed by atoms with Gasteiger partial charge in [-0.3, -0.25) is 9.59 Å². The maximum atomic E-state index is 13.3. The number of methoxy groups -OCH3 is 1. The first-order valence-electron chi connectivity index (χ1n) is 8.26.